The van der Waals surface area contributed by atoms with Gasteiger partial charge in [0, 0.05) is 12.6 Å². The number of aromatic nitrogens is 1. The minimum Gasteiger partial charge on any atom is -0.364 e. The van der Waals surface area contributed by atoms with Crippen LogP contribution in [0.3, 0.4) is 0 Å². The Morgan fingerprint density at radius 2 is 2.38 bits per heavy atom. The van der Waals surface area contributed by atoms with Gasteiger partial charge in [-0.1, -0.05) is 11.1 Å². The number of nitrogens with zero attached hydrogens (tertiary/aromatic N) is 2. The van der Waals surface area contributed by atoms with Crippen molar-refractivity contribution in [1.82, 2.24) is 10.1 Å². The predicted octanol–water partition coefficient (Wildman–Crippen LogP) is 1.52. The minimum atomic E-state index is -0.251. The normalized spacial score (nSPS) is 11.6. The molecule has 0 saturated carbocycles. The predicted molar refractivity (Wildman–Crippen MR) is 50.9 cm³/mol. The Morgan fingerprint density at radius 1 is 1.69 bits per heavy atom. The molecule has 0 saturated heterocycles. The third kappa shape index (κ3) is 2.33. The largest absolute Gasteiger partial charge is 0.364 e. The zero-order valence-corrected chi connectivity index (χ0v) is 8.24. The third-order valence-corrected chi connectivity index (χ3v) is 2.20. The van der Waals surface area contributed by atoms with E-state index in [0.717, 1.165) is 5.69 Å². The molecule has 3 nitrogen and oxygen atoms in total. The van der Waals surface area contributed by atoms with Crippen LogP contribution in [0.5, 0.6) is 0 Å². The molecule has 13 heavy (non-hydrogen) atoms. The van der Waals surface area contributed by atoms with Crippen LogP contribution in [0, 0.1) is 12.3 Å². The molecule has 1 heterocycles. The zero-order valence-electron chi connectivity index (χ0n) is 8.24. The molecule has 0 atom stereocenters. The molecule has 0 aliphatic carbocycles. The second-order valence-electron chi connectivity index (χ2n) is 3.55. The first-order valence-corrected chi connectivity index (χ1v) is 4.14. The van der Waals surface area contributed by atoms with E-state index < -0.39 is 0 Å². The standard InChI is InChI=1S/C10H14N2O/c1-5-10(2,3)12(4)8-9-6-7-13-11-9/h1,6-7H,8H2,2-4H3. The van der Waals surface area contributed by atoms with Gasteiger partial charge in [-0.2, -0.15) is 0 Å². The van der Waals surface area contributed by atoms with Crippen LogP contribution in [-0.4, -0.2) is 22.6 Å². The molecular weight excluding hydrogens is 164 g/mol. The van der Waals surface area contributed by atoms with E-state index in [1.54, 1.807) is 6.26 Å². The van der Waals surface area contributed by atoms with Crippen LogP contribution < -0.4 is 0 Å². The molecule has 1 aromatic rings. The average molecular weight is 178 g/mol. The van der Waals surface area contributed by atoms with Crippen LogP contribution in [0.1, 0.15) is 19.5 Å². The van der Waals surface area contributed by atoms with E-state index >= 15 is 0 Å². The van der Waals surface area contributed by atoms with E-state index in [2.05, 4.69) is 11.1 Å². The number of hydrogen-bond donors (Lipinski definition) is 0. The summed E-state index contributed by atoms with van der Waals surface area (Å²) in [5.74, 6) is 2.72. The van der Waals surface area contributed by atoms with Crippen molar-refractivity contribution in [1.29, 1.82) is 0 Å². The molecule has 0 unspecified atom stereocenters. The van der Waals surface area contributed by atoms with E-state index in [9.17, 15) is 0 Å². The summed E-state index contributed by atoms with van der Waals surface area (Å²) < 4.78 is 4.73. The van der Waals surface area contributed by atoms with Crippen molar-refractivity contribution < 1.29 is 4.52 Å². The van der Waals surface area contributed by atoms with Gasteiger partial charge < -0.3 is 4.52 Å². The summed E-state index contributed by atoms with van der Waals surface area (Å²) in [6, 6.07) is 1.84. The summed E-state index contributed by atoms with van der Waals surface area (Å²) in [5, 5.41) is 3.82. The van der Waals surface area contributed by atoms with E-state index in [-0.39, 0.29) is 5.54 Å². The van der Waals surface area contributed by atoms with Crippen molar-refractivity contribution in [2.45, 2.75) is 25.9 Å². The molecule has 0 bridgehead atoms. The maximum absolute atomic E-state index is 5.40. The second-order valence-corrected chi connectivity index (χ2v) is 3.55. The first-order valence-electron chi connectivity index (χ1n) is 4.14. The highest BCUT2D eigenvalue weighted by Gasteiger charge is 2.20. The topological polar surface area (TPSA) is 29.3 Å². The zero-order chi connectivity index (χ0) is 9.90. The highest BCUT2D eigenvalue weighted by atomic mass is 16.5. The molecule has 0 aromatic carbocycles. The Labute approximate surface area is 78.7 Å². The van der Waals surface area contributed by atoms with Gasteiger partial charge in [-0.3, -0.25) is 4.90 Å². The summed E-state index contributed by atoms with van der Waals surface area (Å²) in [4.78, 5) is 2.05. The number of rotatable bonds is 3. The van der Waals surface area contributed by atoms with Gasteiger partial charge in [-0.25, -0.2) is 0 Å². The molecule has 1 aromatic heterocycles. The Bertz CT molecular complexity index is 295. The van der Waals surface area contributed by atoms with E-state index in [4.69, 9.17) is 10.9 Å². The monoisotopic (exact) mass is 178 g/mol. The van der Waals surface area contributed by atoms with Crippen molar-refractivity contribution in [3.8, 4) is 12.3 Å². The van der Waals surface area contributed by atoms with Crippen molar-refractivity contribution in [3.63, 3.8) is 0 Å². The minimum absolute atomic E-state index is 0.251. The van der Waals surface area contributed by atoms with Crippen molar-refractivity contribution >= 4 is 0 Å². The third-order valence-electron chi connectivity index (χ3n) is 2.20. The van der Waals surface area contributed by atoms with Gasteiger partial charge in [0.05, 0.1) is 11.2 Å². The summed E-state index contributed by atoms with van der Waals surface area (Å²) >= 11 is 0. The lowest BCUT2D eigenvalue weighted by molar-refractivity contribution is 0.199. The molecule has 1 rings (SSSR count). The van der Waals surface area contributed by atoms with Crippen LogP contribution >= 0.6 is 0 Å². The summed E-state index contributed by atoms with van der Waals surface area (Å²) in [5.41, 5.74) is 0.643. The van der Waals surface area contributed by atoms with Crippen LogP contribution in [0.4, 0.5) is 0 Å². The van der Waals surface area contributed by atoms with Gasteiger partial charge in [-0.05, 0) is 20.9 Å². The maximum atomic E-state index is 5.40. The van der Waals surface area contributed by atoms with E-state index in [1.807, 2.05) is 31.9 Å². The molecule has 0 fully saturated rings. The molecule has 0 amide bonds. The summed E-state index contributed by atoms with van der Waals surface area (Å²) in [6.45, 7) is 4.69. The molecule has 0 aliphatic heterocycles. The van der Waals surface area contributed by atoms with Crippen molar-refractivity contribution in [2.24, 2.45) is 0 Å². The molecule has 3 heteroatoms. The molecule has 0 N–H and O–H groups in total. The second kappa shape index (κ2) is 3.63. The van der Waals surface area contributed by atoms with Crippen LogP contribution in [-0.2, 0) is 6.54 Å². The number of terminal acetylenes is 1. The quantitative estimate of drug-likeness (QED) is 0.657. The highest BCUT2D eigenvalue weighted by Crippen LogP contribution is 2.13. The van der Waals surface area contributed by atoms with Gasteiger partial charge in [0.2, 0.25) is 0 Å². The highest BCUT2D eigenvalue weighted by molar-refractivity contribution is 5.09. The fourth-order valence-corrected chi connectivity index (χ4v) is 0.870. The molecule has 0 radical (unpaired) electrons. The molecule has 0 aliphatic rings. The molecular formula is C10H14N2O. The van der Waals surface area contributed by atoms with E-state index in [0.29, 0.717) is 6.54 Å². The Kier molecular flexibility index (Phi) is 2.74. The SMILES string of the molecule is C#CC(C)(C)N(C)Cc1ccon1. The lowest BCUT2D eigenvalue weighted by Gasteiger charge is -2.29. The molecule has 0 spiro atoms. The lowest BCUT2D eigenvalue weighted by atomic mass is 10.1. The van der Waals surface area contributed by atoms with Crippen LogP contribution in [0.25, 0.3) is 0 Å². The Morgan fingerprint density at radius 3 is 2.85 bits per heavy atom. The maximum Gasteiger partial charge on any atom is 0.124 e. The lowest BCUT2D eigenvalue weighted by Crippen LogP contribution is -2.39. The van der Waals surface area contributed by atoms with E-state index in [1.165, 1.54) is 0 Å². The van der Waals surface area contributed by atoms with Gasteiger partial charge in [0.15, 0.2) is 0 Å². The summed E-state index contributed by atoms with van der Waals surface area (Å²) in [6.07, 6.45) is 6.96. The first kappa shape index (κ1) is 9.82. The summed E-state index contributed by atoms with van der Waals surface area (Å²) in [7, 11) is 1.97. The smallest absolute Gasteiger partial charge is 0.124 e. The van der Waals surface area contributed by atoms with Gasteiger partial charge >= 0.3 is 0 Å². The first-order chi connectivity index (χ1) is 6.06. The molecule has 70 valence electrons. The van der Waals surface area contributed by atoms with Gasteiger partial charge in [-0.15, -0.1) is 6.42 Å². The van der Waals surface area contributed by atoms with Crippen LogP contribution in [0.2, 0.25) is 0 Å². The van der Waals surface area contributed by atoms with Crippen LogP contribution in [0.15, 0.2) is 16.9 Å². The van der Waals surface area contributed by atoms with Gasteiger partial charge in [0.25, 0.3) is 0 Å². The average Bonchev–Trinajstić information content (AvgIpc) is 2.57. The fraction of sp³-hybridized carbons (Fsp3) is 0.500. The van der Waals surface area contributed by atoms with Crippen molar-refractivity contribution in [2.75, 3.05) is 7.05 Å². The fourth-order valence-electron chi connectivity index (χ4n) is 0.870. The number of hydrogen-bond acceptors (Lipinski definition) is 3. The Hall–Kier alpha value is -1.27. The Balaban J connectivity index is 2.62. The van der Waals surface area contributed by atoms with Gasteiger partial charge in [0.1, 0.15) is 6.26 Å². The van der Waals surface area contributed by atoms with Crippen molar-refractivity contribution in [3.05, 3.63) is 18.0 Å².